The Kier molecular flexibility index (Phi) is 4.86. The largest absolute Gasteiger partial charge is 0.495 e. The topological polar surface area (TPSA) is 69.2 Å². The zero-order valence-corrected chi connectivity index (χ0v) is 13.6. The molecule has 1 N–H and O–H groups in total. The molecule has 6 nitrogen and oxygen atoms in total. The van der Waals surface area contributed by atoms with Gasteiger partial charge in [-0.3, -0.25) is 4.79 Å². The molecule has 0 aromatic heterocycles. The maximum Gasteiger partial charge on any atom is 0.284 e. The van der Waals surface area contributed by atoms with Gasteiger partial charge in [0.05, 0.1) is 18.3 Å². The molecule has 1 amide bonds. The molecule has 3 rings (SSSR count). The summed E-state index contributed by atoms with van der Waals surface area (Å²) in [7, 11) is 1.53. The van der Waals surface area contributed by atoms with E-state index in [1.807, 2.05) is 12.1 Å². The molecule has 2 aromatic carbocycles. The number of methoxy groups -OCH3 is 1. The fourth-order valence-corrected chi connectivity index (χ4v) is 2.34. The van der Waals surface area contributed by atoms with Crippen molar-refractivity contribution in [1.82, 2.24) is 5.43 Å². The monoisotopic (exact) mass is 346 g/mol. The van der Waals surface area contributed by atoms with Crippen LogP contribution in [0, 0.1) is 0 Å². The van der Waals surface area contributed by atoms with Crippen LogP contribution in [-0.4, -0.2) is 31.9 Å². The number of benzene rings is 2. The number of carbonyl (C=O) groups is 1. The minimum atomic E-state index is -0.753. The fourth-order valence-electron chi connectivity index (χ4n) is 2.15. The molecule has 0 spiro atoms. The van der Waals surface area contributed by atoms with Gasteiger partial charge in [-0.2, -0.15) is 5.10 Å². The minimum Gasteiger partial charge on any atom is -0.495 e. The number of rotatable bonds is 4. The van der Waals surface area contributed by atoms with Gasteiger partial charge in [0.25, 0.3) is 5.91 Å². The van der Waals surface area contributed by atoms with Gasteiger partial charge in [-0.25, -0.2) is 5.43 Å². The molecule has 0 aliphatic carbocycles. The molecular formula is C17H15ClN2O4. The summed E-state index contributed by atoms with van der Waals surface area (Å²) >= 11 is 5.95. The van der Waals surface area contributed by atoms with Crippen LogP contribution in [0.3, 0.4) is 0 Å². The van der Waals surface area contributed by atoms with Gasteiger partial charge < -0.3 is 14.2 Å². The molecule has 1 aliphatic rings. The highest BCUT2D eigenvalue weighted by atomic mass is 35.5. The lowest BCUT2D eigenvalue weighted by molar-refractivity contribution is -0.130. The first-order valence-electron chi connectivity index (χ1n) is 7.22. The Hall–Kier alpha value is -2.73. The Morgan fingerprint density at radius 2 is 2.12 bits per heavy atom. The van der Waals surface area contributed by atoms with Crippen molar-refractivity contribution in [2.24, 2.45) is 5.10 Å². The molecule has 7 heteroatoms. The average Bonchev–Trinajstić information content (AvgIpc) is 2.62. The number of hydrogen-bond acceptors (Lipinski definition) is 5. The number of para-hydroxylation sites is 2. The first kappa shape index (κ1) is 16.1. The summed E-state index contributed by atoms with van der Waals surface area (Å²) in [6.07, 6.45) is 0.741. The Bertz CT molecular complexity index is 779. The van der Waals surface area contributed by atoms with Gasteiger partial charge in [0.2, 0.25) is 6.10 Å². The third-order valence-electron chi connectivity index (χ3n) is 3.36. The van der Waals surface area contributed by atoms with Gasteiger partial charge in [-0.1, -0.05) is 29.8 Å². The molecule has 0 fully saturated rings. The van der Waals surface area contributed by atoms with E-state index in [0.717, 1.165) is 5.56 Å². The summed E-state index contributed by atoms with van der Waals surface area (Å²) in [6.45, 7) is 0.132. The normalized spacial score (nSPS) is 16.0. The van der Waals surface area contributed by atoms with Crippen molar-refractivity contribution in [3.05, 3.63) is 53.1 Å². The van der Waals surface area contributed by atoms with Crippen LogP contribution in [0.15, 0.2) is 47.6 Å². The molecule has 0 radical (unpaired) electrons. The molecular weight excluding hydrogens is 332 g/mol. The number of fused-ring (bicyclic) bond motifs is 1. The molecule has 0 saturated heterocycles. The summed E-state index contributed by atoms with van der Waals surface area (Å²) in [5.41, 5.74) is 3.17. The van der Waals surface area contributed by atoms with Gasteiger partial charge in [0, 0.05) is 0 Å². The van der Waals surface area contributed by atoms with Crippen molar-refractivity contribution in [3.63, 3.8) is 0 Å². The Morgan fingerprint density at radius 3 is 2.92 bits per heavy atom. The first-order chi connectivity index (χ1) is 11.7. The van der Waals surface area contributed by atoms with Crippen LogP contribution in [0.5, 0.6) is 17.2 Å². The SMILES string of the molecule is COc1cc(C=NNC(=O)[C@H]2COc3ccccc3O2)ccc1Cl. The Labute approximate surface area is 144 Å². The highest BCUT2D eigenvalue weighted by Crippen LogP contribution is 2.30. The van der Waals surface area contributed by atoms with E-state index in [-0.39, 0.29) is 12.5 Å². The maximum atomic E-state index is 12.1. The van der Waals surface area contributed by atoms with Crippen LogP contribution in [-0.2, 0) is 4.79 Å². The minimum absolute atomic E-state index is 0.132. The summed E-state index contributed by atoms with van der Waals surface area (Å²) < 4.78 is 16.2. The molecule has 124 valence electrons. The smallest absolute Gasteiger partial charge is 0.284 e. The van der Waals surface area contributed by atoms with E-state index in [4.69, 9.17) is 25.8 Å². The standard InChI is InChI=1S/C17H15ClN2O4/c1-22-15-8-11(6-7-12(15)18)9-19-20-17(21)16-10-23-13-4-2-3-5-14(13)24-16/h2-9,16H,10H2,1H3,(H,20,21)/t16-/m1/s1. The van der Waals surface area contributed by atoms with Crippen LogP contribution >= 0.6 is 11.6 Å². The van der Waals surface area contributed by atoms with Gasteiger partial charge >= 0.3 is 0 Å². The number of amides is 1. The molecule has 1 aliphatic heterocycles. The van der Waals surface area contributed by atoms with E-state index in [1.165, 1.54) is 13.3 Å². The zero-order valence-electron chi connectivity index (χ0n) is 12.9. The number of nitrogens with zero attached hydrogens (tertiary/aromatic N) is 1. The summed E-state index contributed by atoms with van der Waals surface area (Å²) in [4.78, 5) is 12.1. The van der Waals surface area contributed by atoms with Crippen molar-refractivity contribution < 1.29 is 19.0 Å². The molecule has 1 heterocycles. The molecule has 24 heavy (non-hydrogen) atoms. The van der Waals surface area contributed by atoms with Crippen LogP contribution in [0.2, 0.25) is 5.02 Å². The lowest BCUT2D eigenvalue weighted by Crippen LogP contribution is -2.42. The second kappa shape index (κ2) is 7.23. The van der Waals surface area contributed by atoms with E-state index in [2.05, 4.69) is 10.5 Å². The molecule has 1 atom stereocenters. The molecule has 2 aromatic rings. The first-order valence-corrected chi connectivity index (χ1v) is 7.60. The van der Waals surface area contributed by atoms with E-state index in [9.17, 15) is 4.79 Å². The number of hydrogen-bond donors (Lipinski definition) is 1. The van der Waals surface area contributed by atoms with Crippen molar-refractivity contribution in [2.45, 2.75) is 6.10 Å². The van der Waals surface area contributed by atoms with Crippen LogP contribution in [0.1, 0.15) is 5.56 Å². The van der Waals surface area contributed by atoms with E-state index < -0.39 is 6.10 Å². The Balaban J connectivity index is 1.60. The fraction of sp³-hybridized carbons (Fsp3) is 0.176. The quantitative estimate of drug-likeness (QED) is 0.682. The second-order valence-corrected chi connectivity index (χ2v) is 5.40. The van der Waals surface area contributed by atoms with Crippen LogP contribution in [0.25, 0.3) is 0 Å². The predicted molar refractivity (Wildman–Crippen MR) is 90.1 cm³/mol. The number of nitrogens with one attached hydrogen (secondary N) is 1. The van der Waals surface area contributed by atoms with Crippen molar-refractivity contribution in [2.75, 3.05) is 13.7 Å². The van der Waals surface area contributed by atoms with Crippen LogP contribution < -0.4 is 19.6 Å². The number of hydrazone groups is 1. The van der Waals surface area contributed by atoms with Crippen molar-refractivity contribution in [3.8, 4) is 17.2 Å². The highest BCUT2D eigenvalue weighted by Gasteiger charge is 2.26. The summed E-state index contributed by atoms with van der Waals surface area (Å²) in [5.74, 6) is 1.31. The Morgan fingerprint density at radius 1 is 1.33 bits per heavy atom. The number of halogens is 1. The maximum absolute atomic E-state index is 12.1. The van der Waals surface area contributed by atoms with Gasteiger partial charge in [-0.15, -0.1) is 0 Å². The number of carbonyl (C=O) groups excluding carboxylic acids is 1. The third kappa shape index (κ3) is 3.60. The predicted octanol–water partition coefficient (Wildman–Crippen LogP) is 2.64. The van der Waals surface area contributed by atoms with E-state index in [1.54, 1.807) is 30.3 Å². The van der Waals surface area contributed by atoms with E-state index in [0.29, 0.717) is 22.3 Å². The number of ether oxygens (including phenoxy) is 3. The average molecular weight is 347 g/mol. The highest BCUT2D eigenvalue weighted by molar-refractivity contribution is 6.32. The zero-order chi connectivity index (χ0) is 16.9. The summed E-state index contributed by atoms with van der Waals surface area (Å²) in [5, 5.41) is 4.42. The van der Waals surface area contributed by atoms with Gasteiger partial charge in [-0.05, 0) is 29.8 Å². The molecule has 0 saturated carbocycles. The molecule has 0 bridgehead atoms. The molecule has 0 unspecified atom stereocenters. The van der Waals surface area contributed by atoms with Crippen LogP contribution in [0.4, 0.5) is 0 Å². The third-order valence-corrected chi connectivity index (χ3v) is 3.68. The lowest BCUT2D eigenvalue weighted by atomic mass is 10.2. The second-order valence-electron chi connectivity index (χ2n) is 4.99. The van der Waals surface area contributed by atoms with E-state index >= 15 is 0 Å². The van der Waals surface area contributed by atoms with Crippen molar-refractivity contribution >= 4 is 23.7 Å². The van der Waals surface area contributed by atoms with Gasteiger partial charge in [0.15, 0.2) is 11.5 Å². The van der Waals surface area contributed by atoms with Gasteiger partial charge in [0.1, 0.15) is 12.4 Å². The van der Waals surface area contributed by atoms with Crippen molar-refractivity contribution in [1.29, 1.82) is 0 Å². The lowest BCUT2D eigenvalue weighted by Gasteiger charge is -2.24. The summed E-state index contributed by atoms with van der Waals surface area (Å²) in [6, 6.07) is 12.4.